The smallest absolute Gasteiger partial charge is 0.106 e. The molecule has 0 bridgehead atoms. The molecule has 1 N–H and O–H groups in total. The summed E-state index contributed by atoms with van der Waals surface area (Å²) in [6.07, 6.45) is 8.57. The van der Waals surface area contributed by atoms with Crippen LogP contribution in [0, 0.1) is 0 Å². The van der Waals surface area contributed by atoms with Gasteiger partial charge in [-0.05, 0) is 0 Å². The lowest BCUT2D eigenvalue weighted by Gasteiger charge is -2.09. The highest BCUT2D eigenvalue weighted by atomic mass is 15.0. The number of nitrogens with zero attached hydrogens (tertiary/aromatic N) is 3. The summed E-state index contributed by atoms with van der Waals surface area (Å²) in [5.74, 6) is 0. The van der Waals surface area contributed by atoms with Crippen molar-refractivity contribution in [3.8, 4) is 0 Å². The molecule has 2 rings (SSSR count). The fourth-order valence-corrected chi connectivity index (χ4v) is 0.976. The summed E-state index contributed by atoms with van der Waals surface area (Å²) in [6.45, 7) is 0.752. The molecule has 2 heterocycles. The van der Waals surface area contributed by atoms with E-state index in [-0.39, 0.29) is 0 Å². The third-order valence-corrected chi connectivity index (χ3v) is 1.53. The number of hydrogen-bond acceptors (Lipinski definition) is 4. The average molecular weight is 160 g/mol. The van der Waals surface area contributed by atoms with E-state index in [9.17, 15) is 0 Å². The highest BCUT2D eigenvalue weighted by Crippen LogP contribution is 2.06. The molecule has 0 radical (unpaired) electrons. The van der Waals surface area contributed by atoms with Crippen LogP contribution in [0.4, 0.5) is 0 Å². The van der Waals surface area contributed by atoms with E-state index < -0.39 is 0 Å². The zero-order valence-electron chi connectivity index (χ0n) is 6.44. The van der Waals surface area contributed by atoms with Gasteiger partial charge in [-0.15, -0.1) is 0 Å². The average Bonchev–Trinajstić information content (AvgIpc) is 2.21. The highest BCUT2D eigenvalue weighted by molar-refractivity contribution is 5.71. The molecular formula is C8H8N4. The minimum atomic E-state index is 0.752. The van der Waals surface area contributed by atoms with E-state index in [0.29, 0.717) is 0 Å². The molecule has 1 aliphatic rings. The largest absolute Gasteiger partial charge is 0.377 e. The van der Waals surface area contributed by atoms with Gasteiger partial charge in [0.15, 0.2) is 0 Å². The number of hydrogen-bond donors (Lipinski definition) is 1. The van der Waals surface area contributed by atoms with Crippen molar-refractivity contribution in [3.05, 3.63) is 30.5 Å². The fourth-order valence-electron chi connectivity index (χ4n) is 0.976. The van der Waals surface area contributed by atoms with Gasteiger partial charge in [-0.3, -0.25) is 15.0 Å². The predicted molar refractivity (Wildman–Crippen MR) is 46.5 cm³/mol. The molecular weight excluding hydrogens is 152 g/mol. The van der Waals surface area contributed by atoms with E-state index in [4.69, 9.17) is 0 Å². The van der Waals surface area contributed by atoms with Gasteiger partial charge in [0.2, 0.25) is 0 Å². The van der Waals surface area contributed by atoms with Crippen molar-refractivity contribution in [2.24, 2.45) is 4.99 Å². The molecule has 0 amide bonds. The van der Waals surface area contributed by atoms with Crippen molar-refractivity contribution in [1.29, 1.82) is 0 Å². The molecule has 60 valence electrons. The summed E-state index contributed by atoms with van der Waals surface area (Å²) in [5.41, 5.74) is 1.75. The lowest BCUT2D eigenvalue weighted by atomic mass is 10.3. The maximum absolute atomic E-state index is 4.14. The first-order chi connectivity index (χ1) is 5.97. The van der Waals surface area contributed by atoms with Gasteiger partial charge in [-0.1, -0.05) is 0 Å². The Morgan fingerprint density at radius 1 is 1.33 bits per heavy atom. The van der Waals surface area contributed by atoms with E-state index in [1.54, 1.807) is 31.0 Å². The van der Waals surface area contributed by atoms with Gasteiger partial charge in [0.05, 0.1) is 24.6 Å². The van der Waals surface area contributed by atoms with Crippen LogP contribution in [0.1, 0.15) is 5.69 Å². The van der Waals surface area contributed by atoms with Crippen molar-refractivity contribution < 1.29 is 0 Å². The maximum Gasteiger partial charge on any atom is 0.106 e. The molecule has 4 heteroatoms. The topological polar surface area (TPSA) is 50.2 Å². The molecule has 0 saturated heterocycles. The third kappa shape index (κ3) is 1.32. The second kappa shape index (κ2) is 3.13. The molecule has 0 atom stereocenters. The van der Waals surface area contributed by atoms with Crippen molar-refractivity contribution in [3.63, 3.8) is 0 Å². The second-order valence-electron chi connectivity index (χ2n) is 2.35. The first kappa shape index (κ1) is 6.97. The zero-order chi connectivity index (χ0) is 8.23. The third-order valence-electron chi connectivity index (χ3n) is 1.53. The molecule has 0 unspecified atom stereocenters. The van der Waals surface area contributed by atoms with Crippen LogP contribution < -0.4 is 5.32 Å². The summed E-state index contributed by atoms with van der Waals surface area (Å²) in [4.78, 5) is 12.1. The molecule has 0 saturated carbocycles. The Morgan fingerprint density at radius 2 is 2.33 bits per heavy atom. The SMILES string of the molecule is C1=NC=C(c2cnccn2)NC1. The lowest BCUT2D eigenvalue weighted by molar-refractivity contribution is 1.00. The van der Waals surface area contributed by atoms with E-state index in [2.05, 4.69) is 20.3 Å². The molecule has 12 heavy (non-hydrogen) atoms. The number of nitrogens with one attached hydrogen (secondary N) is 1. The van der Waals surface area contributed by atoms with Gasteiger partial charge in [0.25, 0.3) is 0 Å². The normalized spacial score (nSPS) is 15.2. The van der Waals surface area contributed by atoms with Crippen molar-refractivity contribution >= 4 is 11.9 Å². The summed E-state index contributed by atoms with van der Waals surface area (Å²) in [5, 5.41) is 3.14. The monoisotopic (exact) mass is 160 g/mol. The second-order valence-corrected chi connectivity index (χ2v) is 2.35. The summed E-state index contributed by atoms with van der Waals surface area (Å²) in [6, 6.07) is 0. The van der Waals surface area contributed by atoms with Crippen LogP contribution in [0.15, 0.2) is 29.8 Å². The Bertz CT molecular complexity index is 315. The number of aliphatic imine (C=N–C) groups is 1. The highest BCUT2D eigenvalue weighted by Gasteiger charge is 2.02. The molecule has 0 aliphatic carbocycles. The fraction of sp³-hybridized carbons (Fsp3) is 0.125. The van der Waals surface area contributed by atoms with Crippen molar-refractivity contribution in [2.75, 3.05) is 6.54 Å². The van der Waals surface area contributed by atoms with Crippen molar-refractivity contribution in [2.45, 2.75) is 0 Å². The summed E-state index contributed by atoms with van der Waals surface area (Å²) >= 11 is 0. The van der Waals surface area contributed by atoms with Gasteiger partial charge in [-0.2, -0.15) is 0 Å². The molecule has 1 aromatic heterocycles. The molecule has 0 spiro atoms. The summed E-state index contributed by atoms with van der Waals surface area (Å²) in [7, 11) is 0. The zero-order valence-corrected chi connectivity index (χ0v) is 6.44. The Hall–Kier alpha value is -1.71. The van der Waals surface area contributed by atoms with Gasteiger partial charge >= 0.3 is 0 Å². The van der Waals surface area contributed by atoms with E-state index in [0.717, 1.165) is 17.9 Å². The van der Waals surface area contributed by atoms with Gasteiger partial charge in [-0.25, -0.2) is 0 Å². The summed E-state index contributed by atoms with van der Waals surface area (Å²) < 4.78 is 0. The molecule has 4 nitrogen and oxygen atoms in total. The van der Waals surface area contributed by atoms with Crippen LogP contribution in [-0.4, -0.2) is 22.7 Å². The Labute approximate surface area is 70.1 Å². The molecule has 1 aromatic rings. The number of rotatable bonds is 1. The van der Waals surface area contributed by atoms with Crippen LogP contribution in [0.25, 0.3) is 5.70 Å². The van der Waals surface area contributed by atoms with Gasteiger partial charge < -0.3 is 5.32 Å². The quantitative estimate of drug-likeness (QED) is 0.648. The first-order valence-electron chi connectivity index (χ1n) is 3.69. The lowest BCUT2D eigenvalue weighted by Crippen LogP contribution is -2.18. The maximum atomic E-state index is 4.14. The number of aromatic nitrogens is 2. The minimum Gasteiger partial charge on any atom is -0.377 e. The molecule has 0 aromatic carbocycles. The van der Waals surface area contributed by atoms with Crippen LogP contribution >= 0.6 is 0 Å². The molecule has 1 aliphatic heterocycles. The van der Waals surface area contributed by atoms with Crippen LogP contribution in [0.5, 0.6) is 0 Å². The van der Waals surface area contributed by atoms with E-state index in [1.807, 2.05) is 0 Å². The predicted octanol–water partition coefficient (Wildman–Crippen LogP) is 0.449. The Morgan fingerprint density at radius 3 is 3.00 bits per heavy atom. The van der Waals surface area contributed by atoms with Crippen LogP contribution in [0.3, 0.4) is 0 Å². The molecule has 0 fully saturated rings. The van der Waals surface area contributed by atoms with Gasteiger partial charge in [0.1, 0.15) is 5.69 Å². The first-order valence-corrected chi connectivity index (χ1v) is 3.69. The standard InChI is InChI=1S/C8H8N4/c1-3-11-7(5-9-1)8-6-10-2-4-12-8/h1-3,5-6,12H,4H2. The van der Waals surface area contributed by atoms with E-state index >= 15 is 0 Å². The Balaban J connectivity index is 2.31. The van der Waals surface area contributed by atoms with Crippen LogP contribution in [-0.2, 0) is 0 Å². The van der Waals surface area contributed by atoms with Crippen molar-refractivity contribution in [1.82, 2.24) is 15.3 Å². The van der Waals surface area contributed by atoms with Crippen LogP contribution in [0.2, 0.25) is 0 Å². The van der Waals surface area contributed by atoms with E-state index in [1.165, 1.54) is 0 Å². The minimum absolute atomic E-state index is 0.752. The Kier molecular flexibility index (Phi) is 1.82. The van der Waals surface area contributed by atoms with Gasteiger partial charge in [0, 0.05) is 18.6 Å².